The van der Waals surface area contributed by atoms with Gasteiger partial charge in [-0.05, 0) is 46.5 Å². The highest BCUT2D eigenvalue weighted by molar-refractivity contribution is 5.82. The number of rotatable bonds is 5. The molecule has 1 aliphatic heterocycles. The van der Waals surface area contributed by atoms with Crippen molar-refractivity contribution in [3.05, 3.63) is 77.9 Å². The van der Waals surface area contributed by atoms with Crippen molar-refractivity contribution in [2.24, 2.45) is 0 Å². The first-order valence-corrected chi connectivity index (χ1v) is 9.71. The molecule has 1 heterocycles. The Bertz CT molecular complexity index is 920. The van der Waals surface area contributed by atoms with Crippen molar-refractivity contribution < 1.29 is 14.6 Å². The third-order valence-corrected chi connectivity index (χ3v) is 5.48. The molecule has 140 valence electrons. The largest absolute Gasteiger partial charge is 0.489 e. The lowest BCUT2D eigenvalue weighted by atomic mass is 9.83. The fraction of sp³-hybridized carbons (Fsp3) is 0.333. The summed E-state index contributed by atoms with van der Waals surface area (Å²) in [6.45, 7) is 3.20. The minimum absolute atomic E-state index is 0.117. The van der Waals surface area contributed by atoms with Crippen LogP contribution in [-0.4, -0.2) is 17.8 Å². The first-order valence-electron chi connectivity index (χ1n) is 9.71. The van der Waals surface area contributed by atoms with Crippen LogP contribution in [0.25, 0.3) is 10.8 Å². The van der Waals surface area contributed by atoms with Crippen LogP contribution in [0.5, 0.6) is 5.75 Å². The Morgan fingerprint density at radius 2 is 1.89 bits per heavy atom. The SMILES string of the molecule is CC[C@@H]1C[C@@](O)(c2cccc(OCc3ccc4ccccc4c3)c2)CCO1. The standard InChI is InChI=1S/C24H26O3/c1-2-22-16-24(25,12-13-26-22)21-8-5-9-23(15-21)27-17-18-10-11-19-6-3-4-7-20(19)14-18/h3-11,14-15,22,25H,2,12-13,16-17H2,1H3/t22-,24-/m1/s1. The Labute approximate surface area is 160 Å². The van der Waals surface area contributed by atoms with Crippen molar-refractivity contribution in [3.63, 3.8) is 0 Å². The lowest BCUT2D eigenvalue weighted by Crippen LogP contribution is -2.38. The number of ether oxygens (including phenoxy) is 2. The van der Waals surface area contributed by atoms with E-state index in [1.54, 1.807) is 0 Å². The van der Waals surface area contributed by atoms with Gasteiger partial charge in [0.05, 0.1) is 18.3 Å². The molecule has 2 atom stereocenters. The molecule has 0 spiro atoms. The van der Waals surface area contributed by atoms with Gasteiger partial charge in [-0.2, -0.15) is 0 Å². The smallest absolute Gasteiger partial charge is 0.120 e. The highest BCUT2D eigenvalue weighted by Crippen LogP contribution is 2.36. The van der Waals surface area contributed by atoms with Crippen molar-refractivity contribution >= 4 is 10.8 Å². The Kier molecular flexibility index (Phi) is 5.15. The maximum Gasteiger partial charge on any atom is 0.120 e. The van der Waals surface area contributed by atoms with E-state index in [9.17, 15) is 5.11 Å². The van der Waals surface area contributed by atoms with Gasteiger partial charge in [0.15, 0.2) is 0 Å². The zero-order valence-electron chi connectivity index (χ0n) is 15.7. The van der Waals surface area contributed by atoms with Gasteiger partial charge in [0, 0.05) is 12.8 Å². The molecule has 0 radical (unpaired) electrons. The van der Waals surface area contributed by atoms with Crippen LogP contribution in [0.15, 0.2) is 66.7 Å². The van der Waals surface area contributed by atoms with Crippen LogP contribution in [0.2, 0.25) is 0 Å². The fourth-order valence-electron chi connectivity index (χ4n) is 3.83. The Morgan fingerprint density at radius 3 is 2.74 bits per heavy atom. The lowest BCUT2D eigenvalue weighted by Gasteiger charge is -2.37. The Morgan fingerprint density at radius 1 is 1.04 bits per heavy atom. The van der Waals surface area contributed by atoms with E-state index in [0.29, 0.717) is 26.1 Å². The van der Waals surface area contributed by atoms with Crippen LogP contribution in [-0.2, 0) is 16.9 Å². The van der Waals surface area contributed by atoms with Crippen molar-refractivity contribution in [1.29, 1.82) is 0 Å². The number of fused-ring (bicyclic) bond motifs is 1. The molecule has 1 aliphatic rings. The third kappa shape index (κ3) is 4.00. The zero-order valence-corrected chi connectivity index (χ0v) is 15.7. The van der Waals surface area contributed by atoms with Crippen molar-refractivity contribution in [3.8, 4) is 5.75 Å². The van der Waals surface area contributed by atoms with Crippen LogP contribution in [0.4, 0.5) is 0 Å². The molecule has 3 nitrogen and oxygen atoms in total. The molecule has 3 heteroatoms. The number of hydrogen-bond acceptors (Lipinski definition) is 3. The quantitative estimate of drug-likeness (QED) is 0.678. The van der Waals surface area contributed by atoms with E-state index in [2.05, 4.69) is 43.3 Å². The molecule has 27 heavy (non-hydrogen) atoms. The highest BCUT2D eigenvalue weighted by atomic mass is 16.5. The van der Waals surface area contributed by atoms with Gasteiger partial charge in [-0.1, -0.05) is 55.5 Å². The minimum Gasteiger partial charge on any atom is -0.489 e. The zero-order chi connectivity index (χ0) is 18.7. The molecular formula is C24H26O3. The number of aliphatic hydroxyl groups is 1. The van der Waals surface area contributed by atoms with Crippen LogP contribution < -0.4 is 4.74 Å². The van der Waals surface area contributed by atoms with E-state index in [1.807, 2.05) is 30.3 Å². The molecule has 4 rings (SSSR count). The first kappa shape index (κ1) is 18.0. The second kappa shape index (κ2) is 7.71. The molecule has 3 aromatic rings. The van der Waals surface area contributed by atoms with E-state index < -0.39 is 5.60 Å². The van der Waals surface area contributed by atoms with Gasteiger partial charge in [-0.3, -0.25) is 0 Å². The summed E-state index contributed by atoms with van der Waals surface area (Å²) < 4.78 is 11.8. The van der Waals surface area contributed by atoms with Crippen molar-refractivity contribution in [2.75, 3.05) is 6.61 Å². The lowest BCUT2D eigenvalue weighted by molar-refractivity contribution is -0.108. The second-order valence-electron chi connectivity index (χ2n) is 7.38. The first-order chi connectivity index (χ1) is 13.2. The van der Waals surface area contributed by atoms with Crippen LogP contribution in [0.3, 0.4) is 0 Å². The maximum atomic E-state index is 11.1. The summed E-state index contributed by atoms with van der Waals surface area (Å²) in [5, 5.41) is 13.6. The molecule has 1 saturated heterocycles. The molecule has 3 aromatic carbocycles. The fourth-order valence-corrected chi connectivity index (χ4v) is 3.83. The Hall–Kier alpha value is -2.36. The van der Waals surface area contributed by atoms with E-state index in [-0.39, 0.29) is 6.10 Å². The highest BCUT2D eigenvalue weighted by Gasteiger charge is 2.36. The van der Waals surface area contributed by atoms with Gasteiger partial charge in [-0.15, -0.1) is 0 Å². The van der Waals surface area contributed by atoms with Gasteiger partial charge < -0.3 is 14.6 Å². The summed E-state index contributed by atoms with van der Waals surface area (Å²) in [5.41, 5.74) is 1.22. The molecule has 0 bridgehead atoms. The van der Waals surface area contributed by atoms with E-state index in [4.69, 9.17) is 9.47 Å². The van der Waals surface area contributed by atoms with Gasteiger partial charge in [0.25, 0.3) is 0 Å². The van der Waals surface area contributed by atoms with Gasteiger partial charge >= 0.3 is 0 Å². The second-order valence-corrected chi connectivity index (χ2v) is 7.38. The predicted octanol–water partition coefficient (Wildman–Crippen LogP) is 5.20. The average molecular weight is 362 g/mol. The summed E-state index contributed by atoms with van der Waals surface area (Å²) >= 11 is 0. The summed E-state index contributed by atoms with van der Waals surface area (Å²) in [6.07, 6.45) is 2.29. The topological polar surface area (TPSA) is 38.7 Å². The van der Waals surface area contributed by atoms with E-state index in [0.717, 1.165) is 23.3 Å². The molecule has 1 N–H and O–H groups in total. The van der Waals surface area contributed by atoms with Gasteiger partial charge in [0.2, 0.25) is 0 Å². The molecule has 0 aromatic heterocycles. The van der Waals surface area contributed by atoms with E-state index >= 15 is 0 Å². The summed E-state index contributed by atoms with van der Waals surface area (Å²) in [4.78, 5) is 0. The van der Waals surface area contributed by atoms with Crippen molar-refractivity contribution in [1.82, 2.24) is 0 Å². The maximum absolute atomic E-state index is 11.1. The molecule has 0 saturated carbocycles. The third-order valence-electron chi connectivity index (χ3n) is 5.48. The van der Waals surface area contributed by atoms with Crippen LogP contribution >= 0.6 is 0 Å². The van der Waals surface area contributed by atoms with Crippen LogP contribution in [0, 0.1) is 0 Å². The molecule has 0 unspecified atom stereocenters. The molecule has 0 aliphatic carbocycles. The van der Waals surface area contributed by atoms with Gasteiger partial charge in [-0.25, -0.2) is 0 Å². The average Bonchev–Trinajstić information content (AvgIpc) is 2.72. The van der Waals surface area contributed by atoms with Crippen LogP contribution in [0.1, 0.15) is 37.3 Å². The summed E-state index contributed by atoms with van der Waals surface area (Å²) in [6, 6.07) is 22.6. The van der Waals surface area contributed by atoms with Crippen molar-refractivity contribution in [2.45, 2.75) is 44.5 Å². The predicted molar refractivity (Wildman–Crippen MR) is 108 cm³/mol. The molecule has 1 fully saturated rings. The Balaban J connectivity index is 1.49. The number of hydrogen-bond donors (Lipinski definition) is 1. The molecule has 0 amide bonds. The van der Waals surface area contributed by atoms with Gasteiger partial charge in [0.1, 0.15) is 12.4 Å². The summed E-state index contributed by atoms with van der Waals surface area (Å²) in [7, 11) is 0. The summed E-state index contributed by atoms with van der Waals surface area (Å²) in [5.74, 6) is 0.786. The number of benzene rings is 3. The molecular weight excluding hydrogens is 336 g/mol. The van der Waals surface area contributed by atoms with E-state index in [1.165, 1.54) is 10.8 Å². The minimum atomic E-state index is -0.832. The normalized spacial score (nSPS) is 22.7. The monoisotopic (exact) mass is 362 g/mol.